The van der Waals surface area contributed by atoms with Crippen LogP contribution in [-0.4, -0.2) is 9.79 Å². The van der Waals surface area contributed by atoms with Crippen LogP contribution in [0.2, 0.25) is 0 Å². The summed E-state index contributed by atoms with van der Waals surface area (Å²) in [7, 11) is -10.7. The third-order valence-corrected chi connectivity index (χ3v) is 1.86. The zero-order valence-corrected chi connectivity index (χ0v) is 12.3. The van der Waals surface area contributed by atoms with Gasteiger partial charge in [0.15, 0.2) is 0 Å². The van der Waals surface area contributed by atoms with Gasteiger partial charge < -0.3 is 25.7 Å². The second kappa shape index (κ2) is 8.52. The fourth-order valence-electron chi connectivity index (χ4n) is 0.130. The predicted molar refractivity (Wildman–Crippen MR) is 25.8 cm³/mol. The third kappa shape index (κ3) is 22.8. The van der Waals surface area contributed by atoms with Crippen LogP contribution in [0.5, 0.6) is 0 Å². The SMILES string of the molecule is N.O=P([O-])(O)OP(=O)([O-])O.[Na+].[Na+]. The summed E-state index contributed by atoms with van der Waals surface area (Å²) >= 11 is 0. The van der Waals surface area contributed by atoms with Crippen LogP contribution >= 0.6 is 15.6 Å². The van der Waals surface area contributed by atoms with E-state index in [4.69, 9.17) is 9.79 Å². The molecule has 0 saturated heterocycles. The smallest absolute Gasteiger partial charge is 0.756 e. The molecule has 5 N–H and O–H groups in total. The molecule has 12 heavy (non-hydrogen) atoms. The van der Waals surface area contributed by atoms with E-state index in [1.807, 2.05) is 0 Å². The molecule has 0 rings (SSSR count). The Kier molecular flexibility index (Phi) is 16.9. The molecule has 0 fully saturated rings. The molecule has 12 heteroatoms. The van der Waals surface area contributed by atoms with Crippen LogP contribution in [0.1, 0.15) is 0 Å². The van der Waals surface area contributed by atoms with E-state index in [9.17, 15) is 18.9 Å². The predicted octanol–water partition coefficient (Wildman–Crippen LogP) is -7.91. The molecule has 0 aromatic carbocycles. The van der Waals surface area contributed by atoms with Crippen molar-refractivity contribution >= 4 is 15.6 Å². The molecule has 0 spiro atoms. The quantitative estimate of drug-likeness (QED) is 0.315. The molecular formula is H5NNa2O7P2. The van der Waals surface area contributed by atoms with E-state index < -0.39 is 15.6 Å². The maximum Gasteiger partial charge on any atom is 1.00 e. The fourth-order valence-corrected chi connectivity index (χ4v) is 1.17. The summed E-state index contributed by atoms with van der Waals surface area (Å²) in [4.78, 5) is 34.1. The van der Waals surface area contributed by atoms with Crippen LogP contribution in [0.15, 0.2) is 0 Å². The molecule has 0 aliphatic carbocycles. The standard InChI is InChI=1S/H3N.2Na.H4O7P2/c;;;1-8(2,3)7-9(4,5)6/h1H3;;;(H2,1,2,3)(H2,4,5,6)/q;2*+1;/p-2. The fraction of sp³-hybridized carbons (Fsp3) is 0. The summed E-state index contributed by atoms with van der Waals surface area (Å²) in [6, 6.07) is 0. The van der Waals surface area contributed by atoms with Crippen molar-refractivity contribution in [2.45, 2.75) is 0 Å². The summed E-state index contributed by atoms with van der Waals surface area (Å²) in [5.41, 5.74) is 0. The number of hydrogen-bond donors (Lipinski definition) is 3. The molecule has 2 unspecified atom stereocenters. The minimum absolute atomic E-state index is 0. The zero-order chi connectivity index (χ0) is 7.71. The molecule has 0 heterocycles. The topological polar surface area (TPSA) is 165 Å². The molecule has 64 valence electrons. The summed E-state index contributed by atoms with van der Waals surface area (Å²) in [6.45, 7) is 0. The minimum atomic E-state index is -5.36. The van der Waals surface area contributed by atoms with Crippen molar-refractivity contribution in [2.75, 3.05) is 0 Å². The van der Waals surface area contributed by atoms with E-state index in [0.29, 0.717) is 0 Å². The van der Waals surface area contributed by atoms with Gasteiger partial charge in [0.1, 0.15) is 0 Å². The van der Waals surface area contributed by atoms with Crippen LogP contribution in [0.3, 0.4) is 0 Å². The number of rotatable bonds is 2. The van der Waals surface area contributed by atoms with Gasteiger partial charge in [-0.05, 0) is 0 Å². The molecule has 0 amide bonds. The van der Waals surface area contributed by atoms with Gasteiger partial charge in [-0.15, -0.1) is 0 Å². The Morgan fingerprint density at radius 1 is 1.00 bits per heavy atom. The summed E-state index contributed by atoms with van der Waals surface area (Å²) < 4.78 is 21.7. The van der Waals surface area contributed by atoms with Gasteiger partial charge >= 0.3 is 59.1 Å². The maximum absolute atomic E-state index is 9.48. The first-order chi connectivity index (χ1) is 3.71. The molecule has 0 radical (unpaired) electrons. The summed E-state index contributed by atoms with van der Waals surface area (Å²) in [5.74, 6) is 0. The summed E-state index contributed by atoms with van der Waals surface area (Å²) in [6.07, 6.45) is 0. The van der Waals surface area contributed by atoms with Gasteiger partial charge in [-0.2, -0.15) is 0 Å². The third-order valence-electron chi connectivity index (χ3n) is 0.206. The Hall–Kier alpha value is 2.22. The van der Waals surface area contributed by atoms with Crippen molar-refractivity contribution in [3.63, 3.8) is 0 Å². The average molecular weight is 239 g/mol. The van der Waals surface area contributed by atoms with Gasteiger partial charge in [0.25, 0.3) is 15.6 Å². The molecule has 8 nitrogen and oxygen atoms in total. The van der Waals surface area contributed by atoms with E-state index >= 15 is 0 Å². The Labute approximate surface area is 113 Å². The van der Waals surface area contributed by atoms with Crippen LogP contribution in [0, 0.1) is 0 Å². The molecule has 0 aromatic rings. The number of hydrogen-bond acceptors (Lipinski definition) is 6. The molecular weight excluding hydrogens is 234 g/mol. The van der Waals surface area contributed by atoms with E-state index in [2.05, 4.69) is 4.31 Å². The van der Waals surface area contributed by atoms with Crippen LogP contribution in [0.25, 0.3) is 0 Å². The van der Waals surface area contributed by atoms with Crippen LogP contribution in [-0.2, 0) is 13.4 Å². The molecule has 0 saturated carbocycles. The molecule has 0 aliphatic heterocycles. The van der Waals surface area contributed by atoms with Crippen molar-refractivity contribution in [1.29, 1.82) is 0 Å². The molecule has 0 aliphatic rings. The van der Waals surface area contributed by atoms with Gasteiger partial charge in [-0.3, -0.25) is 9.13 Å². The Balaban J connectivity index is -0.000000107. The Morgan fingerprint density at radius 3 is 1.17 bits per heavy atom. The normalized spacial score (nSPS) is 18.3. The van der Waals surface area contributed by atoms with Gasteiger partial charge in [-0.25, -0.2) is 4.31 Å². The number of phosphoric acid groups is 2. The zero-order valence-electron chi connectivity index (χ0n) is 6.54. The van der Waals surface area contributed by atoms with E-state index in [1.54, 1.807) is 0 Å². The van der Waals surface area contributed by atoms with Gasteiger partial charge in [0.2, 0.25) is 0 Å². The maximum atomic E-state index is 9.48. The van der Waals surface area contributed by atoms with Crippen molar-refractivity contribution in [2.24, 2.45) is 0 Å². The van der Waals surface area contributed by atoms with E-state index in [1.165, 1.54) is 0 Å². The second-order valence-electron chi connectivity index (χ2n) is 1.02. The Morgan fingerprint density at radius 2 is 1.17 bits per heavy atom. The second-order valence-corrected chi connectivity index (χ2v) is 3.55. The first-order valence-electron chi connectivity index (χ1n) is 1.50. The van der Waals surface area contributed by atoms with E-state index in [-0.39, 0.29) is 65.3 Å². The first-order valence-corrected chi connectivity index (χ1v) is 4.49. The molecule has 0 aromatic heterocycles. The monoisotopic (exact) mass is 239 g/mol. The van der Waals surface area contributed by atoms with Crippen molar-refractivity contribution in [1.82, 2.24) is 6.15 Å². The van der Waals surface area contributed by atoms with Gasteiger partial charge in [-0.1, -0.05) is 0 Å². The van der Waals surface area contributed by atoms with Gasteiger partial charge in [0.05, 0.1) is 0 Å². The molecule has 2 atom stereocenters. The van der Waals surface area contributed by atoms with E-state index in [0.717, 1.165) is 0 Å². The van der Waals surface area contributed by atoms with Gasteiger partial charge in [0, 0.05) is 0 Å². The Bertz CT molecular complexity index is 160. The molecule has 0 bridgehead atoms. The van der Waals surface area contributed by atoms with Crippen molar-refractivity contribution < 1.29 is 92.1 Å². The van der Waals surface area contributed by atoms with Crippen LogP contribution < -0.4 is 75.1 Å². The largest absolute Gasteiger partial charge is 1.00 e. The van der Waals surface area contributed by atoms with Crippen molar-refractivity contribution in [3.05, 3.63) is 0 Å². The van der Waals surface area contributed by atoms with Crippen LogP contribution in [0.4, 0.5) is 0 Å². The first kappa shape index (κ1) is 23.8. The average Bonchev–Trinajstić information content (AvgIpc) is 1.14. The summed E-state index contributed by atoms with van der Waals surface area (Å²) in [5, 5.41) is 0. The minimum Gasteiger partial charge on any atom is -0.756 e. The van der Waals surface area contributed by atoms with Crippen molar-refractivity contribution in [3.8, 4) is 0 Å².